The van der Waals surface area contributed by atoms with Crippen LogP contribution >= 0.6 is 0 Å². The molecule has 6 heteroatoms. The quantitative estimate of drug-likeness (QED) is 0.746. The Morgan fingerprint density at radius 1 is 1.32 bits per heavy atom. The van der Waals surface area contributed by atoms with Gasteiger partial charge in [-0.15, -0.1) is 0 Å². The molecule has 5 nitrogen and oxygen atoms in total. The highest BCUT2D eigenvalue weighted by Gasteiger charge is 2.20. The number of hydrogen-bond donors (Lipinski definition) is 2. The number of nitrogens with one attached hydrogen (secondary N) is 1. The van der Waals surface area contributed by atoms with Crippen molar-refractivity contribution in [3.05, 3.63) is 30.1 Å². The maximum atomic E-state index is 12.0. The van der Waals surface area contributed by atoms with E-state index in [0.29, 0.717) is 12.8 Å². The summed E-state index contributed by atoms with van der Waals surface area (Å²) in [7, 11) is -3.33. The summed E-state index contributed by atoms with van der Waals surface area (Å²) < 4.78 is 26.6. The fraction of sp³-hybridized carbons (Fsp3) is 0.615. The third-order valence-corrected chi connectivity index (χ3v) is 4.39. The molecule has 1 atom stereocenters. The molecule has 1 heterocycles. The molecular weight excluding hydrogens is 264 g/mol. The van der Waals surface area contributed by atoms with Crippen molar-refractivity contribution < 1.29 is 13.5 Å². The van der Waals surface area contributed by atoms with Gasteiger partial charge in [-0.2, -0.15) is 0 Å². The lowest BCUT2D eigenvalue weighted by molar-refractivity contribution is 0.256. The van der Waals surface area contributed by atoms with Crippen LogP contribution < -0.4 is 4.72 Å². The number of hydrogen-bond acceptors (Lipinski definition) is 4. The Kier molecular flexibility index (Phi) is 6.41. The summed E-state index contributed by atoms with van der Waals surface area (Å²) in [6.45, 7) is 3.85. The molecule has 1 aromatic rings. The summed E-state index contributed by atoms with van der Waals surface area (Å²) in [5.41, 5.74) is 0.948. The van der Waals surface area contributed by atoms with E-state index in [1.807, 2.05) is 26.0 Å². The normalized spacial score (nSPS) is 13.7. The minimum Gasteiger partial charge on any atom is -0.396 e. The van der Waals surface area contributed by atoms with Crippen LogP contribution in [0.25, 0.3) is 0 Å². The van der Waals surface area contributed by atoms with Crippen molar-refractivity contribution in [3.8, 4) is 0 Å². The number of rotatable bonds is 8. The molecule has 2 N–H and O–H groups in total. The van der Waals surface area contributed by atoms with Crippen LogP contribution in [0.5, 0.6) is 0 Å². The largest absolute Gasteiger partial charge is 0.396 e. The Morgan fingerprint density at radius 3 is 2.47 bits per heavy atom. The average molecular weight is 286 g/mol. The van der Waals surface area contributed by atoms with Crippen molar-refractivity contribution in [1.29, 1.82) is 0 Å². The van der Waals surface area contributed by atoms with Crippen molar-refractivity contribution >= 4 is 10.0 Å². The molecule has 1 rings (SSSR count). The van der Waals surface area contributed by atoms with E-state index in [1.165, 1.54) is 0 Å². The molecule has 0 radical (unpaired) electrons. The van der Waals surface area contributed by atoms with Gasteiger partial charge in [-0.25, -0.2) is 13.1 Å². The zero-order valence-electron chi connectivity index (χ0n) is 11.4. The maximum Gasteiger partial charge on any atom is 0.212 e. The van der Waals surface area contributed by atoms with Crippen molar-refractivity contribution in [2.75, 3.05) is 12.4 Å². The van der Waals surface area contributed by atoms with E-state index in [1.54, 1.807) is 12.4 Å². The fourth-order valence-corrected chi connectivity index (χ4v) is 3.23. The van der Waals surface area contributed by atoms with E-state index < -0.39 is 10.0 Å². The standard InChI is InChI=1S/C13H22N2O3S/c1-11(2)13(5-9-16)15-19(17,18)10-6-12-3-7-14-8-4-12/h3-4,7-8,11,13,15-16H,5-6,9-10H2,1-2H3. The first-order valence-electron chi connectivity index (χ1n) is 6.44. The summed E-state index contributed by atoms with van der Waals surface area (Å²) in [5.74, 6) is 0.203. The molecular formula is C13H22N2O3S. The third-order valence-electron chi connectivity index (χ3n) is 2.98. The molecule has 19 heavy (non-hydrogen) atoms. The van der Waals surface area contributed by atoms with Crippen LogP contribution in [-0.4, -0.2) is 36.9 Å². The number of aromatic nitrogens is 1. The monoisotopic (exact) mass is 286 g/mol. The van der Waals surface area contributed by atoms with E-state index in [4.69, 9.17) is 5.11 Å². The van der Waals surface area contributed by atoms with E-state index in [-0.39, 0.29) is 24.3 Å². The lowest BCUT2D eigenvalue weighted by Gasteiger charge is -2.21. The molecule has 0 spiro atoms. The summed E-state index contributed by atoms with van der Waals surface area (Å²) in [6, 6.07) is 3.40. The number of nitrogens with zero attached hydrogens (tertiary/aromatic N) is 1. The first-order chi connectivity index (χ1) is 8.94. The number of aliphatic hydroxyl groups excluding tert-OH is 1. The Bertz CT molecular complexity index is 460. The Labute approximate surface area is 115 Å². The Morgan fingerprint density at radius 2 is 1.95 bits per heavy atom. The summed E-state index contributed by atoms with van der Waals surface area (Å²) in [6.07, 6.45) is 4.20. The van der Waals surface area contributed by atoms with Crippen LogP contribution in [-0.2, 0) is 16.4 Å². The van der Waals surface area contributed by atoms with Gasteiger partial charge in [0.15, 0.2) is 0 Å². The Hall–Kier alpha value is -0.980. The lowest BCUT2D eigenvalue weighted by atomic mass is 10.0. The second-order valence-electron chi connectivity index (χ2n) is 4.90. The summed E-state index contributed by atoms with van der Waals surface area (Å²) in [4.78, 5) is 3.89. The highest BCUT2D eigenvalue weighted by molar-refractivity contribution is 7.89. The van der Waals surface area contributed by atoms with Gasteiger partial charge in [-0.1, -0.05) is 13.8 Å². The number of pyridine rings is 1. The predicted molar refractivity (Wildman–Crippen MR) is 75.2 cm³/mol. The molecule has 0 aliphatic carbocycles. The van der Waals surface area contributed by atoms with Crippen LogP contribution in [0.3, 0.4) is 0 Å². The molecule has 0 fully saturated rings. The molecule has 0 amide bonds. The molecule has 0 aliphatic rings. The van der Waals surface area contributed by atoms with Gasteiger partial charge in [-0.05, 0) is 36.5 Å². The molecule has 0 bridgehead atoms. The smallest absolute Gasteiger partial charge is 0.212 e. The van der Waals surface area contributed by atoms with Crippen molar-refractivity contribution in [2.45, 2.75) is 32.7 Å². The first kappa shape index (κ1) is 16.1. The number of aryl methyl sites for hydroxylation is 1. The van der Waals surface area contributed by atoms with Crippen LogP contribution in [0.4, 0.5) is 0 Å². The highest BCUT2D eigenvalue weighted by Crippen LogP contribution is 2.08. The van der Waals surface area contributed by atoms with Gasteiger partial charge in [0.1, 0.15) is 0 Å². The lowest BCUT2D eigenvalue weighted by Crippen LogP contribution is -2.40. The topological polar surface area (TPSA) is 79.3 Å². The SMILES string of the molecule is CC(C)C(CCO)NS(=O)(=O)CCc1ccncc1. The van der Waals surface area contributed by atoms with E-state index >= 15 is 0 Å². The van der Waals surface area contributed by atoms with E-state index in [2.05, 4.69) is 9.71 Å². The summed E-state index contributed by atoms with van der Waals surface area (Å²) >= 11 is 0. The third kappa shape index (κ3) is 6.13. The van der Waals surface area contributed by atoms with Gasteiger partial charge in [0.2, 0.25) is 10.0 Å². The van der Waals surface area contributed by atoms with Gasteiger partial charge in [-0.3, -0.25) is 4.98 Å². The van der Waals surface area contributed by atoms with Crippen LogP contribution in [0.2, 0.25) is 0 Å². The molecule has 0 aliphatic heterocycles. The Balaban J connectivity index is 2.56. The minimum absolute atomic E-state index is 0.0181. The van der Waals surface area contributed by atoms with Crippen molar-refractivity contribution in [3.63, 3.8) is 0 Å². The van der Waals surface area contributed by atoms with Gasteiger partial charge < -0.3 is 5.11 Å². The van der Waals surface area contributed by atoms with Crippen LogP contribution in [0.1, 0.15) is 25.8 Å². The van der Waals surface area contributed by atoms with E-state index in [9.17, 15) is 8.42 Å². The predicted octanol–water partition coefficient (Wildman–Crippen LogP) is 0.950. The second-order valence-corrected chi connectivity index (χ2v) is 6.78. The highest BCUT2D eigenvalue weighted by atomic mass is 32.2. The summed E-state index contributed by atoms with van der Waals surface area (Å²) in [5, 5.41) is 8.95. The van der Waals surface area contributed by atoms with E-state index in [0.717, 1.165) is 5.56 Å². The van der Waals surface area contributed by atoms with Gasteiger partial charge >= 0.3 is 0 Å². The zero-order chi connectivity index (χ0) is 14.3. The second kappa shape index (κ2) is 7.57. The van der Waals surface area contributed by atoms with Crippen LogP contribution in [0, 0.1) is 5.92 Å². The van der Waals surface area contributed by atoms with Crippen molar-refractivity contribution in [2.24, 2.45) is 5.92 Å². The van der Waals surface area contributed by atoms with Gasteiger partial charge in [0, 0.05) is 25.0 Å². The van der Waals surface area contributed by atoms with Gasteiger partial charge in [0.05, 0.1) is 5.75 Å². The maximum absolute atomic E-state index is 12.0. The minimum atomic E-state index is -3.33. The molecule has 1 unspecified atom stereocenters. The zero-order valence-corrected chi connectivity index (χ0v) is 12.2. The molecule has 1 aromatic heterocycles. The molecule has 0 saturated heterocycles. The van der Waals surface area contributed by atoms with Crippen molar-refractivity contribution in [1.82, 2.24) is 9.71 Å². The fourth-order valence-electron chi connectivity index (χ4n) is 1.76. The van der Waals surface area contributed by atoms with Gasteiger partial charge in [0.25, 0.3) is 0 Å². The number of sulfonamides is 1. The average Bonchev–Trinajstić information content (AvgIpc) is 2.37. The number of aliphatic hydroxyl groups is 1. The first-order valence-corrected chi connectivity index (χ1v) is 8.09. The van der Waals surface area contributed by atoms with Crippen LogP contribution in [0.15, 0.2) is 24.5 Å². The molecule has 108 valence electrons. The molecule has 0 aromatic carbocycles. The molecule has 0 saturated carbocycles.